The molecule has 3 N–H and O–H groups in total. The molecule has 2 aromatic rings. The van der Waals surface area contributed by atoms with E-state index in [1.165, 1.54) is 19.6 Å². The number of hydrogen-bond acceptors (Lipinski definition) is 6. The highest BCUT2D eigenvalue weighted by molar-refractivity contribution is 5.98. The maximum atomic E-state index is 11.8. The number of methoxy groups -OCH3 is 1. The van der Waals surface area contributed by atoms with Crippen molar-refractivity contribution in [1.82, 2.24) is 4.90 Å². The molecule has 2 amide bonds. The molecule has 0 atom stereocenters. The van der Waals surface area contributed by atoms with E-state index < -0.39 is 5.97 Å². The molecule has 9 nitrogen and oxygen atoms in total. The molecule has 0 aromatic heterocycles. The molecular weight excluding hydrogens is 522 g/mol. The normalized spacial score (nSPS) is 13.8. The van der Waals surface area contributed by atoms with Gasteiger partial charge in [-0.1, -0.05) is 64.3 Å². The summed E-state index contributed by atoms with van der Waals surface area (Å²) in [5, 5.41) is 13.7. The number of carbonyl (C=O) groups excluding carboxylic acids is 3. The van der Waals surface area contributed by atoms with Crippen molar-refractivity contribution in [3.05, 3.63) is 73.3 Å². The first kappa shape index (κ1) is 37.0. The Labute approximate surface area is 245 Å². The van der Waals surface area contributed by atoms with Gasteiger partial charge in [0.2, 0.25) is 11.8 Å². The fraction of sp³-hybridized carbons (Fsp3) is 0.438. The molecule has 0 unspecified atom stereocenters. The molecule has 0 bridgehead atoms. The smallest absolute Gasteiger partial charge is 0.305 e. The van der Waals surface area contributed by atoms with Crippen LogP contribution in [0.4, 0.5) is 11.4 Å². The summed E-state index contributed by atoms with van der Waals surface area (Å²) < 4.78 is 4.63. The fourth-order valence-corrected chi connectivity index (χ4v) is 3.97. The first-order chi connectivity index (χ1) is 18.8. The standard InChI is InChI=1S/C15H20N2O3.C9H9NO.C6H10O2.2CH4/c1-20-15(19)9-12-10-17(11-12)8-7-14(18)16-13-5-3-2-4-6-13;1-2-9(11)10-8-6-4-3-5-7-8;7-6(8)4-5-2-1-3-5;;/h2-6,12H,7-11H2,1H3,(H,16,18);2-7H,1H2,(H,10,11);5H,1-4H2,(H,7,8);2*1H4. The number of hydrogen-bond donors (Lipinski definition) is 3. The number of carboxylic acid groups (broad SMARTS) is 1. The van der Waals surface area contributed by atoms with Crippen LogP contribution in [0.3, 0.4) is 0 Å². The van der Waals surface area contributed by atoms with Crippen molar-refractivity contribution < 1.29 is 29.0 Å². The molecule has 1 saturated carbocycles. The molecule has 9 heteroatoms. The van der Waals surface area contributed by atoms with Crippen LogP contribution in [0.5, 0.6) is 0 Å². The van der Waals surface area contributed by atoms with Gasteiger partial charge in [-0.25, -0.2) is 0 Å². The first-order valence-electron chi connectivity index (χ1n) is 13.1. The van der Waals surface area contributed by atoms with Crippen molar-refractivity contribution in [3.63, 3.8) is 0 Å². The Morgan fingerprint density at radius 1 is 0.902 bits per heavy atom. The van der Waals surface area contributed by atoms with E-state index in [1.54, 1.807) is 0 Å². The van der Waals surface area contributed by atoms with Crippen LogP contribution in [0.1, 0.15) is 53.4 Å². The molecule has 0 radical (unpaired) electrons. The maximum Gasteiger partial charge on any atom is 0.305 e. The summed E-state index contributed by atoms with van der Waals surface area (Å²) in [4.78, 5) is 45.8. The van der Waals surface area contributed by atoms with Gasteiger partial charge >= 0.3 is 11.9 Å². The number of esters is 1. The number of nitrogens with one attached hydrogen (secondary N) is 2. The molecule has 0 spiro atoms. The Morgan fingerprint density at radius 3 is 1.85 bits per heavy atom. The molecule has 2 aromatic carbocycles. The van der Waals surface area contributed by atoms with Crippen LogP contribution in [-0.4, -0.2) is 60.5 Å². The summed E-state index contributed by atoms with van der Waals surface area (Å²) in [6.07, 6.45) is 6.08. The molecule has 226 valence electrons. The zero-order chi connectivity index (χ0) is 28.5. The lowest BCUT2D eigenvalue weighted by Crippen LogP contribution is -2.48. The van der Waals surface area contributed by atoms with E-state index in [-0.39, 0.29) is 32.6 Å². The Kier molecular flexibility index (Phi) is 18.8. The minimum Gasteiger partial charge on any atom is -0.481 e. The van der Waals surface area contributed by atoms with Gasteiger partial charge in [-0.15, -0.1) is 0 Å². The Morgan fingerprint density at radius 2 is 1.44 bits per heavy atom. The molecule has 1 heterocycles. The van der Waals surface area contributed by atoms with Crippen LogP contribution in [0.2, 0.25) is 0 Å². The lowest BCUT2D eigenvalue weighted by atomic mass is 9.83. The predicted molar refractivity (Wildman–Crippen MR) is 165 cm³/mol. The zero-order valence-corrected chi connectivity index (χ0v) is 22.5. The maximum absolute atomic E-state index is 11.8. The number of aliphatic carboxylic acids is 1. The number of carboxylic acids is 1. The predicted octanol–water partition coefficient (Wildman–Crippen LogP) is 5.85. The van der Waals surface area contributed by atoms with Crippen LogP contribution in [0, 0.1) is 11.8 Å². The summed E-state index contributed by atoms with van der Waals surface area (Å²) in [5.41, 5.74) is 1.61. The Hall–Kier alpha value is -3.98. The average molecular weight is 570 g/mol. The molecule has 41 heavy (non-hydrogen) atoms. The van der Waals surface area contributed by atoms with Crippen LogP contribution in [-0.2, 0) is 23.9 Å². The molecule has 4 rings (SSSR count). The topological polar surface area (TPSA) is 125 Å². The van der Waals surface area contributed by atoms with Crippen molar-refractivity contribution in [2.24, 2.45) is 11.8 Å². The van der Waals surface area contributed by atoms with E-state index in [9.17, 15) is 19.2 Å². The second kappa shape index (κ2) is 20.9. The SMILES string of the molecule is C.C.C=CC(=O)Nc1ccccc1.COC(=O)CC1CN(CCC(=O)Nc2ccccc2)C1.O=C(O)CC1CCC1. The Balaban J connectivity index is 0.000000644. The number of amides is 2. The second-order valence-electron chi connectivity index (χ2n) is 9.52. The monoisotopic (exact) mass is 569 g/mol. The summed E-state index contributed by atoms with van der Waals surface area (Å²) in [6, 6.07) is 18.7. The van der Waals surface area contributed by atoms with Crippen molar-refractivity contribution in [2.45, 2.75) is 53.4 Å². The molecule has 2 aliphatic rings. The van der Waals surface area contributed by atoms with Crippen LogP contribution >= 0.6 is 0 Å². The fourth-order valence-electron chi connectivity index (χ4n) is 3.97. The lowest BCUT2D eigenvalue weighted by Gasteiger charge is -2.38. The third-order valence-electron chi connectivity index (χ3n) is 6.34. The van der Waals surface area contributed by atoms with Gasteiger partial charge in [0.1, 0.15) is 0 Å². The number of para-hydroxylation sites is 2. The second-order valence-corrected chi connectivity index (χ2v) is 9.52. The van der Waals surface area contributed by atoms with Gasteiger partial charge in [-0.3, -0.25) is 19.2 Å². The molecule has 1 aliphatic carbocycles. The van der Waals surface area contributed by atoms with E-state index in [0.717, 1.165) is 43.9 Å². The largest absolute Gasteiger partial charge is 0.481 e. The lowest BCUT2D eigenvalue weighted by molar-refractivity contribution is -0.143. The van der Waals surface area contributed by atoms with Gasteiger partial charge in [0.25, 0.3) is 0 Å². The summed E-state index contributed by atoms with van der Waals surface area (Å²) in [5.74, 6) is -0.0814. The van der Waals surface area contributed by atoms with E-state index >= 15 is 0 Å². The third kappa shape index (κ3) is 16.0. The van der Waals surface area contributed by atoms with Crippen LogP contribution in [0.25, 0.3) is 0 Å². The average Bonchev–Trinajstić information content (AvgIpc) is 2.89. The summed E-state index contributed by atoms with van der Waals surface area (Å²) >= 11 is 0. The third-order valence-corrected chi connectivity index (χ3v) is 6.34. The van der Waals surface area contributed by atoms with Gasteiger partial charge in [0.15, 0.2) is 0 Å². The van der Waals surface area contributed by atoms with E-state index in [4.69, 9.17) is 5.11 Å². The highest BCUT2D eigenvalue weighted by Gasteiger charge is 2.28. The number of benzene rings is 2. The zero-order valence-electron chi connectivity index (χ0n) is 22.5. The summed E-state index contributed by atoms with van der Waals surface area (Å²) in [7, 11) is 1.41. The van der Waals surface area contributed by atoms with Crippen molar-refractivity contribution >= 4 is 35.1 Å². The summed E-state index contributed by atoms with van der Waals surface area (Å²) in [6.45, 7) is 5.81. The van der Waals surface area contributed by atoms with E-state index in [1.807, 2.05) is 60.7 Å². The van der Waals surface area contributed by atoms with Crippen LogP contribution < -0.4 is 10.6 Å². The highest BCUT2D eigenvalue weighted by atomic mass is 16.5. The first-order valence-corrected chi connectivity index (χ1v) is 13.1. The number of anilines is 2. The molecule has 2 fully saturated rings. The number of carbonyl (C=O) groups is 4. The quantitative estimate of drug-likeness (QED) is 0.242. The molecular formula is C32H47N3O6. The number of rotatable bonds is 10. The highest BCUT2D eigenvalue weighted by Crippen LogP contribution is 2.28. The van der Waals surface area contributed by atoms with Crippen molar-refractivity contribution in [2.75, 3.05) is 37.4 Å². The number of ether oxygens (including phenoxy) is 1. The van der Waals surface area contributed by atoms with E-state index in [0.29, 0.717) is 31.1 Å². The van der Waals surface area contributed by atoms with Crippen molar-refractivity contribution in [1.29, 1.82) is 0 Å². The van der Waals surface area contributed by atoms with Gasteiger partial charge in [-0.2, -0.15) is 0 Å². The molecule has 1 aliphatic heterocycles. The number of likely N-dealkylation sites (tertiary alicyclic amines) is 1. The Bertz CT molecular complexity index is 1050. The number of nitrogens with zero attached hydrogens (tertiary/aromatic N) is 1. The minimum atomic E-state index is -0.644. The van der Waals surface area contributed by atoms with E-state index in [2.05, 4.69) is 26.8 Å². The van der Waals surface area contributed by atoms with Gasteiger partial charge in [0.05, 0.1) is 13.5 Å². The van der Waals surface area contributed by atoms with Crippen LogP contribution in [0.15, 0.2) is 73.3 Å². The van der Waals surface area contributed by atoms with Gasteiger partial charge in [-0.05, 0) is 55.0 Å². The van der Waals surface area contributed by atoms with Crippen molar-refractivity contribution in [3.8, 4) is 0 Å². The van der Waals surface area contributed by atoms with Gasteiger partial charge < -0.3 is 25.4 Å². The molecule has 1 saturated heterocycles. The minimum absolute atomic E-state index is 0. The van der Waals surface area contributed by atoms with Gasteiger partial charge in [0, 0.05) is 43.9 Å².